The van der Waals surface area contributed by atoms with Crippen molar-refractivity contribution < 1.29 is 24.2 Å². The van der Waals surface area contributed by atoms with Gasteiger partial charge in [0.2, 0.25) is 0 Å². The molecule has 1 aromatic carbocycles. The van der Waals surface area contributed by atoms with Crippen molar-refractivity contribution in [3.05, 3.63) is 29.3 Å². The largest absolute Gasteiger partial charge is 0.493 e. The molecule has 0 radical (unpaired) electrons. The quantitative estimate of drug-likeness (QED) is 0.801. The molecule has 0 fully saturated rings. The van der Waals surface area contributed by atoms with Crippen molar-refractivity contribution in [2.24, 2.45) is 5.92 Å². The van der Waals surface area contributed by atoms with Gasteiger partial charge in [0.25, 0.3) is 0 Å². The Balaban J connectivity index is 3.03. The number of carboxylic acids is 1. The topological polar surface area (TPSA) is 72.8 Å². The Kier molecular flexibility index (Phi) is 5.36. The molecular weight excluding hydrogens is 248 g/mol. The fourth-order valence-electron chi connectivity index (χ4n) is 1.40. The van der Waals surface area contributed by atoms with Crippen molar-refractivity contribution in [1.82, 2.24) is 0 Å². The van der Waals surface area contributed by atoms with Gasteiger partial charge in [-0.2, -0.15) is 0 Å². The van der Waals surface area contributed by atoms with Gasteiger partial charge < -0.3 is 14.6 Å². The first-order valence-electron chi connectivity index (χ1n) is 6.12. The molecule has 0 aliphatic heterocycles. The molecule has 0 unspecified atom stereocenters. The summed E-state index contributed by atoms with van der Waals surface area (Å²) in [6.45, 7) is 6.33. The molecule has 1 rings (SSSR count). The minimum Gasteiger partial charge on any atom is -0.493 e. The van der Waals surface area contributed by atoms with Gasteiger partial charge in [-0.15, -0.1) is 0 Å². The summed E-state index contributed by atoms with van der Waals surface area (Å²) in [6, 6.07) is 4.17. The Morgan fingerprint density at radius 1 is 1.21 bits per heavy atom. The lowest BCUT2D eigenvalue weighted by atomic mass is 10.1. The number of hydrogen-bond acceptors (Lipinski definition) is 4. The van der Waals surface area contributed by atoms with E-state index in [1.54, 1.807) is 6.92 Å². The number of esters is 1. The molecule has 0 aromatic heterocycles. The highest BCUT2D eigenvalue weighted by atomic mass is 16.5. The van der Waals surface area contributed by atoms with Crippen LogP contribution in [0.5, 0.6) is 5.75 Å². The van der Waals surface area contributed by atoms with E-state index in [2.05, 4.69) is 0 Å². The fourth-order valence-corrected chi connectivity index (χ4v) is 1.40. The summed E-state index contributed by atoms with van der Waals surface area (Å²) in [5.74, 6) is -1.00. The molecule has 19 heavy (non-hydrogen) atoms. The predicted octanol–water partition coefficient (Wildman–Crippen LogP) is 2.60. The van der Waals surface area contributed by atoms with Crippen LogP contribution in [0.15, 0.2) is 18.2 Å². The second kappa shape index (κ2) is 6.78. The number of benzene rings is 1. The van der Waals surface area contributed by atoms with Crippen LogP contribution in [0, 0.1) is 5.92 Å². The van der Waals surface area contributed by atoms with Crippen molar-refractivity contribution in [2.75, 3.05) is 13.2 Å². The zero-order valence-electron chi connectivity index (χ0n) is 11.3. The molecule has 0 aliphatic rings. The van der Waals surface area contributed by atoms with E-state index in [4.69, 9.17) is 14.6 Å². The number of hydrogen-bond donors (Lipinski definition) is 1. The summed E-state index contributed by atoms with van der Waals surface area (Å²) in [7, 11) is 0. The average molecular weight is 266 g/mol. The van der Waals surface area contributed by atoms with E-state index in [9.17, 15) is 9.59 Å². The predicted molar refractivity (Wildman–Crippen MR) is 69.7 cm³/mol. The highest BCUT2D eigenvalue weighted by molar-refractivity contribution is 5.95. The van der Waals surface area contributed by atoms with Crippen LogP contribution in [-0.2, 0) is 4.74 Å². The zero-order chi connectivity index (χ0) is 14.4. The number of aromatic carboxylic acids is 1. The third-order valence-electron chi connectivity index (χ3n) is 2.25. The summed E-state index contributed by atoms with van der Waals surface area (Å²) >= 11 is 0. The lowest BCUT2D eigenvalue weighted by Gasteiger charge is -2.11. The molecule has 104 valence electrons. The molecule has 0 spiro atoms. The van der Waals surface area contributed by atoms with E-state index < -0.39 is 11.9 Å². The lowest BCUT2D eigenvalue weighted by molar-refractivity contribution is 0.0526. The summed E-state index contributed by atoms with van der Waals surface area (Å²) in [6.07, 6.45) is 0. The molecule has 1 N–H and O–H groups in total. The second-order valence-electron chi connectivity index (χ2n) is 4.48. The van der Waals surface area contributed by atoms with Gasteiger partial charge in [-0.1, -0.05) is 13.8 Å². The Morgan fingerprint density at radius 3 is 2.37 bits per heavy atom. The van der Waals surface area contributed by atoms with Gasteiger partial charge >= 0.3 is 11.9 Å². The van der Waals surface area contributed by atoms with Crippen LogP contribution in [0.2, 0.25) is 0 Å². The van der Waals surface area contributed by atoms with E-state index in [0.29, 0.717) is 18.3 Å². The van der Waals surface area contributed by atoms with Gasteiger partial charge in [0.1, 0.15) is 5.75 Å². The standard InChI is InChI=1S/C14H18O5/c1-4-18-14(17)11-5-10(13(15)16)6-12(7-11)19-8-9(2)3/h5-7,9H,4,8H2,1-3H3,(H,15,16). The monoisotopic (exact) mass is 266 g/mol. The molecule has 1 aromatic rings. The number of ether oxygens (including phenoxy) is 2. The van der Waals surface area contributed by atoms with Gasteiger partial charge in [0.05, 0.1) is 24.3 Å². The van der Waals surface area contributed by atoms with Crippen molar-refractivity contribution in [3.8, 4) is 5.75 Å². The van der Waals surface area contributed by atoms with E-state index >= 15 is 0 Å². The molecule has 0 heterocycles. The molecule has 5 nitrogen and oxygen atoms in total. The number of carbonyl (C=O) groups excluding carboxylic acids is 1. The Hall–Kier alpha value is -2.04. The molecule has 0 saturated carbocycles. The van der Waals surface area contributed by atoms with Gasteiger partial charge in [0, 0.05) is 0 Å². The Labute approximate surface area is 112 Å². The zero-order valence-corrected chi connectivity index (χ0v) is 11.3. The van der Waals surface area contributed by atoms with E-state index in [-0.39, 0.29) is 17.7 Å². The molecule has 0 aliphatic carbocycles. The van der Waals surface area contributed by atoms with E-state index in [0.717, 1.165) is 0 Å². The first-order valence-corrected chi connectivity index (χ1v) is 6.12. The van der Waals surface area contributed by atoms with Crippen LogP contribution in [0.4, 0.5) is 0 Å². The first-order chi connectivity index (χ1) is 8.93. The second-order valence-corrected chi connectivity index (χ2v) is 4.48. The van der Waals surface area contributed by atoms with Crippen molar-refractivity contribution in [2.45, 2.75) is 20.8 Å². The molecular formula is C14H18O5. The summed E-state index contributed by atoms with van der Waals surface area (Å²) < 4.78 is 10.3. The van der Waals surface area contributed by atoms with Crippen molar-refractivity contribution in [3.63, 3.8) is 0 Å². The van der Waals surface area contributed by atoms with Crippen LogP contribution in [0.25, 0.3) is 0 Å². The average Bonchev–Trinajstić information content (AvgIpc) is 2.36. The molecule has 0 amide bonds. The van der Waals surface area contributed by atoms with E-state index in [1.807, 2.05) is 13.8 Å². The van der Waals surface area contributed by atoms with Crippen LogP contribution in [0.1, 0.15) is 41.5 Å². The maximum atomic E-state index is 11.6. The van der Waals surface area contributed by atoms with Gasteiger partial charge in [0.15, 0.2) is 0 Å². The Bertz CT molecular complexity index is 465. The van der Waals surface area contributed by atoms with Gasteiger partial charge in [-0.25, -0.2) is 9.59 Å². The third-order valence-corrected chi connectivity index (χ3v) is 2.25. The maximum absolute atomic E-state index is 11.6. The minimum absolute atomic E-state index is 0.00399. The minimum atomic E-state index is -1.11. The third kappa shape index (κ3) is 4.62. The lowest BCUT2D eigenvalue weighted by Crippen LogP contribution is -2.09. The molecule has 0 saturated heterocycles. The van der Waals surface area contributed by atoms with Crippen molar-refractivity contribution >= 4 is 11.9 Å². The molecule has 5 heteroatoms. The fraction of sp³-hybridized carbons (Fsp3) is 0.429. The van der Waals surface area contributed by atoms with Gasteiger partial charge in [-0.05, 0) is 31.0 Å². The Morgan fingerprint density at radius 2 is 1.84 bits per heavy atom. The van der Waals surface area contributed by atoms with Crippen LogP contribution in [0.3, 0.4) is 0 Å². The highest BCUT2D eigenvalue weighted by Crippen LogP contribution is 2.19. The number of rotatable bonds is 6. The first kappa shape index (κ1) is 15.0. The van der Waals surface area contributed by atoms with Crippen LogP contribution in [-0.4, -0.2) is 30.3 Å². The highest BCUT2D eigenvalue weighted by Gasteiger charge is 2.14. The van der Waals surface area contributed by atoms with Gasteiger partial charge in [-0.3, -0.25) is 0 Å². The summed E-state index contributed by atoms with van der Waals surface area (Å²) in [4.78, 5) is 22.7. The summed E-state index contributed by atoms with van der Waals surface area (Å²) in [5.41, 5.74) is 0.185. The normalized spacial score (nSPS) is 10.3. The number of carbonyl (C=O) groups is 2. The number of carboxylic acid groups (broad SMARTS) is 1. The molecule has 0 bridgehead atoms. The van der Waals surface area contributed by atoms with Crippen LogP contribution >= 0.6 is 0 Å². The smallest absolute Gasteiger partial charge is 0.338 e. The molecule has 0 atom stereocenters. The summed E-state index contributed by atoms with van der Waals surface area (Å²) in [5, 5.41) is 9.02. The van der Waals surface area contributed by atoms with Crippen molar-refractivity contribution in [1.29, 1.82) is 0 Å². The van der Waals surface area contributed by atoms with E-state index in [1.165, 1.54) is 18.2 Å². The van der Waals surface area contributed by atoms with Crippen LogP contribution < -0.4 is 4.74 Å². The SMILES string of the molecule is CCOC(=O)c1cc(OCC(C)C)cc(C(=O)O)c1. The maximum Gasteiger partial charge on any atom is 0.338 e.